The predicted octanol–water partition coefficient (Wildman–Crippen LogP) is 1.54. The molecule has 1 heterocycles. The van der Waals surface area contributed by atoms with Gasteiger partial charge in [-0.1, -0.05) is 20.3 Å². The van der Waals surface area contributed by atoms with Gasteiger partial charge in [-0.05, 0) is 12.8 Å². The van der Waals surface area contributed by atoms with Gasteiger partial charge in [0.1, 0.15) is 0 Å². The molecule has 3 nitrogen and oxygen atoms in total. The van der Waals surface area contributed by atoms with Crippen molar-refractivity contribution in [3.63, 3.8) is 0 Å². The van der Waals surface area contributed by atoms with Crippen LogP contribution in [-0.4, -0.2) is 9.78 Å². The van der Waals surface area contributed by atoms with Crippen molar-refractivity contribution in [2.24, 2.45) is 0 Å². The highest BCUT2D eigenvalue weighted by atomic mass is 16.1. The molecule has 3 heteroatoms. The molecule has 68 valence electrons. The maximum atomic E-state index is 11.0. The highest BCUT2D eigenvalue weighted by Gasteiger charge is 2.00. The van der Waals surface area contributed by atoms with Crippen LogP contribution in [0.3, 0.4) is 0 Å². The monoisotopic (exact) mass is 168 g/mol. The number of nitrogens with zero attached hydrogens (tertiary/aromatic N) is 1. The highest BCUT2D eigenvalue weighted by molar-refractivity contribution is 5.00. The molecule has 0 spiro atoms. The third kappa shape index (κ3) is 2.00. The Balaban J connectivity index is 2.75. The summed E-state index contributed by atoms with van der Waals surface area (Å²) in [5.41, 5.74) is 1.12. The first kappa shape index (κ1) is 9.10. The van der Waals surface area contributed by atoms with Gasteiger partial charge in [0.2, 0.25) is 0 Å². The Bertz CT molecular complexity index is 285. The van der Waals surface area contributed by atoms with Crippen LogP contribution in [0.1, 0.15) is 32.4 Å². The zero-order valence-electron chi connectivity index (χ0n) is 7.76. The molecule has 0 bridgehead atoms. The maximum Gasteiger partial charge on any atom is 0.264 e. The van der Waals surface area contributed by atoms with Gasteiger partial charge in [-0.25, -0.2) is 0 Å². The molecule has 1 aromatic heterocycles. The quantitative estimate of drug-likeness (QED) is 0.727. The van der Waals surface area contributed by atoms with Crippen molar-refractivity contribution in [2.45, 2.75) is 39.7 Å². The second-order valence-electron chi connectivity index (χ2n) is 2.97. The molecule has 1 N–H and O–H groups in total. The third-order valence-corrected chi connectivity index (χ3v) is 1.99. The van der Waals surface area contributed by atoms with Crippen molar-refractivity contribution in [3.8, 4) is 0 Å². The van der Waals surface area contributed by atoms with Crippen LogP contribution in [0.2, 0.25) is 0 Å². The summed E-state index contributed by atoms with van der Waals surface area (Å²) in [7, 11) is 0. The SMILES string of the molecule is CCCCn1[nH]c(=O)cc1CC. The van der Waals surface area contributed by atoms with Crippen molar-refractivity contribution >= 4 is 0 Å². The normalized spacial score (nSPS) is 10.5. The van der Waals surface area contributed by atoms with Crippen LogP contribution in [0.5, 0.6) is 0 Å². The second-order valence-corrected chi connectivity index (χ2v) is 2.97. The largest absolute Gasteiger partial charge is 0.289 e. The first-order valence-corrected chi connectivity index (χ1v) is 4.56. The van der Waals surface area contributed by atoms with Gasteiger partial charge in [-0.3, -0.25) is 14.6 Å². The summed E-state index contributed by atoms with van der Waals surface area (Å²) in [5.74, 6) is 0. The third-order valence-electron chi connectivity index (χ3n) is 1.99. The Kier molecular flexibility index (Phi) is 3.14. The Morgan fingerprint density at radius 3 is 2.83 bits per heavy atom. The molecule has 0 aromatic carbocycles. The average Bonchev–Trinajstić information content (AvgIpc) is 2.42. The van der Waals surface area contributed by atoms with Crippen LogP contribution in [0.25, 0.3) is 0 Å². The van der Waals surface area contributed by atoms with E-state index in [4.69, 9.17) is 0 Å². The number of aromatic nitrogens is 2. The van der Waals surface area contributed by atoms with Crippen molar-refractivity contribution in [1.82, 2.24) is 9.78 Å². The van der Waals surface area contributed by atoms with E-state index in [0.717, 1.165) is 31.5 Å². The van der Waals surface area contributed by atoms with Gasteiger partial charge in [-0.15, -0.1) is 0 Å². The molecule has 0 unspecified atom stereocenters. The van der Waals surface area contributed by atoms with Gasteiger partial charge >= 0.3 is 0 Å². The number of unbranched alkanes of at least 4 members (excludes halogenated alkanes) is 1. The smallest absolute Gasteiger partial charge is 0.264 e. The Labute approximate surface area is 72.4 Å². The van der Waals surface area contributed by atoms with E-state index >= 15 is 0 Å². The van der Waals surface area contributed by atoms with Crippen molar-refractivity contribution in [1.29, 1.82) is 0 Å². The van der Waals surface area contributed by atoms with Gasteiger partial charge in [0.15, 0.2) is 0 Å². The molecule has 1 rings (SSSR count). The lowest BCUT2D eigenvalue weighted by Crippen LogP contribution is -2.07. The van der Waals surface area contributed by atoms with E-state index in [1.807, 2.05) is 4.68 Å². The lowest BCUT2D eigenvalue weighted by molar-refractivity contribution is 0.548. The lowest BCUT2D eigenvalue weighted by Gasteiger charge is -2.04. The Morgan fingerprint density at radius 2 is 2.25 bits per heavy atom. The highest BCUT2D eigenvalue weighted by Crippen LogP contribution is 1.98. The van der Waals surface area contributed by atoms with Gasteiger partial charge in [-0.2, -0.15) is 0 Å². The van der Waals surface area contributed by atoms with E-state index in [9.17, 15) is 4.79 Å². The summed E-state index contributed by atoms with van der Waals surface area (Å²) < 4.78 is 1.95. The van der Waals surface area contributed by atoms with Crippen LogP contribution < -0.4 is 5.56 Å². The van der Waals surface area contributed by atoms with E-state index in [2.05, 4.69) is 18.9 Å². The summed E-state index contributed by atoms with van der Waals surface area (Å²) in [6.07, 6.45) is 3.20. The lowest BCUT2D eigenvalue weighted by atomic mass is 10.3. The summed E-state index contributed by atoms with van der Waals surface area (Å²) in [6, 6.07) is 1.68. The summed E-state index contributed by atoms with van der Waals surface area (Å²) in [5, 5.41) is 2.79. The van der Waals surface area contributed by atoms with Crippen LogP contribution in [0.15, 0.2) is 10.9 Å². The molecule has 0 amide bonds. The second kappa shape index (κ2) is 4.14. The van der Waals surface area contributed by atoms with Crippen LogP contribution >= 0.6 is 0 Å². The molecule has 0 aliphatic carbocycles. The zero-order chi connectivity index (χ0) is 8.97. The van der Waals surface area contributed by atoms with Crippen molar-refractivity contribution in [3.05, 3.63) is 22.1 Å². The topological polar surface area (TPSA) is 37.8 Å². The molecule has 0 aliphatic heterocycles. The number of H-pyrrole nitrogens is 1. The molecule has 0 saturated carbocycles. The minimum atomic E-state index is 0.0166. The number of hydrogen-bond acceptors (Lipinski definition) is 1. The summed E-state index contributed by atoms with van der Waals surface area (Å²) >= 11 is 0. The minimum Gasteiger partial charge on any atom is -0.289 e. The molecular formula is C9H16N2O. The van der Waals surface area contributed by atoms with Crippen LogP contribution in [-0.2, 0) is 13.0 Å². The molecule has 1 aromatic rings. The van der Waals surface area contributed by atoms with Gasteiger partial charge in [0.25, 0.3) is 5.56 Å². The zero-order valence-corrected chi connectivity index (χ0v) is 7.76. The maximum absolute atomic E-state index is 11.0. The number of aromatic amines is 1. The van der Waals surface area contributed by atoms with E-state index in [-0.39, 0.29) is 5.56 Å². The Hall–Kier alpha value is -0.990. The molecule has 0 aliphatic rings. The van der Waals surface area contributed by atoms with Crippen molar-refractivity contribution < 1.29 is 0 Å². The van der Waals surface area contributed by atoms with E-state index in [1.165, 1.54) is 0 Å². The minimum absolute atomic E-state index is 0.0166. The fraction of sp³-hybridized carbons (Fsp3) is 0.667. The number of rotatable bonds is 4. The van der Waals surface area contributed by atoms with Gasteiger partial charge in [0.05, 0.1) is 0 Å². The van der Waals surface area contributed by atoms with Gasteiger partial charge < -0.3 is 0 Å². The number of aryl methyl sites for hydroxylation is 2. The first-order chi connectivity index (χ1) is 5.77. The van der Waals surface area contributed by atoms with E-state index in [0.29, 0.717) is 0 Å². The fourth-order valence-corrected chi connectivity index (χ4v) is 1.27. The van der Waals surface area contributed by atoms with Gasteiger partial charge in [0, 0.05) is 18.3 Å². The standard InChI is InChI=1S/C9H16N2O/c1-3-5-6-11-8(4-2)7-9(12)10-11/h7H,3-6H2,1-2H3,(H,10,12). The van der Waals surface area contributed by atoms with E-state index < -0.39 is 0 Å². The molecule has 0 radical (unpaired) electrons. The Morgan fingerprint density at radius 1 is 1.50 bits per heavy atom. The fourth-order valence-electron chi connectivity index (χ4n) is 1.27. The van der Waals surface area contributed by atoms with Crippen molar-refractivity contribution in [2.75, 3.05) is 0 Å². The van der Waals surface area contributed by atoms with Crippen LogP contribution in [0, 0.1) is 0 Å². The molecular weight excluding hydrogens is 152 g/mol. The molecule has 0 atom stereocenters. The average molecular weight is 168 g/mol. The first-order valence-electron chi connectivity index (χ1n) is 4.56. The summed E-state index contributed by atoms with van der Waals surface area (Å²) in [4.78, 5) is 11.0. The predicted molar refractivity (Wildman–Crippen MR) is 49.3 cm³/mol. The van der Waals surface area contributed by atoms with E-state index in [1.54, 1.807) is 6.07 Å². The molecule has 0 saturated heterocycles. The summed E-state index contributed by atoms with van der Waals surface area (Å²) in [6.45, 7) is 5.14. The molecule has 0 fully saturated rings. The molecule has 12 heavy (non-hydrogen) atoms. The van der Waals surface area contributed by atoms with Crippen LogP contribution in [0.4, 0.5) is 0 Å². The number of hydrogen-bond donors (Lipinski definition) is 1. The number of nitrogens with one attached hydrogen (secondary N) is 1.